The lowest BCUT2D eigenvalue weighted by Gasteiger charge is -2.08. The maximum Gasteiger partial charge on any atom is 0.240 e. The van der Waals surface area contributed by atoms with E-state index in [1.807, 2.05) is 54.6 Å². The Kier molecular flexibility index (Phi) is 6.34. The van der Waals surface area contributed by atoms with Gasteiger partial charge >= 0.3 is 0 Å². The van der Waals surface area contributed by atoms with Gasteiger partial charge in [0.25, 0.3) is 0 Å². The summed E-state index contributed by atoms with van der Waals surface area (Å²) >= 11 is 0. The second-order valence-corrected chi connectivity index (χ2v) is 7.84. The van der Waals surface area contributed by atoms with Gasteiger partial charge < -0.3 is 4.74 Å². The number of sulfonamides is 1. The Balaban J connectivity index is 1.51. The predicted molar refractivity (Wildman–Crippen MR) is 102 cm³/mol. The van der Waals surface area contributed by atoms with Gasteiger partial charge in [-0.25, -0.2) is 17.5 Å². The van der Waals surface area contributed by atoms with Crippen LogP contribution in [0.15, 0.2) is 83.8 Å². The van der Waals surface area contributed by atoms with Crippen molar-refractivity contribution in [3.8, 4) is 0 Å². The molecule has 3 aromatic carbocycles. The number of hydrogen-bond acceptors (Lipinski definition) is 3. The summed E-state index contributed by atoms with van der Waals surface area (Å²) in [5.74, 6) is -0.585. The number of hydrogen-bond donors (Lipinski definition) is 1. The molecule has 6 heteroatoms. The number of ether oxygens (including phenoxy) is 1. The van der Waals surface area contributed by atoms with Crippen LogP contribution in [0.1, 0.15) is 16.7 Å². The van der Waals surface area contributed by atoms with Gasteiger partial charge in [0, 0.05) is 6.54 Å². The fraction of sp³-hybridized carbons (Fsp3) is 0.143. The van der Waals surface area contributed by atoms with E-state index in [0.717, 1.165) is 22.8 Å². The average Bonchev–Trinajstić information content (AvgIpc) is 2.68. The van der Waals surface area contributed by atoms with E-state index in [1.165, 1.54) is 18.2 Å². The Morgan fingerprint density at radius 1 is 0.778 bits per heavy atom. The highest BCUT2D eigenvalue weighted by Crippen LogP contribution is 2.12. The lowest BCUT2D eigenvalue weighted by molar-refractivity contribution is 0.107. The summed E-state index contributed by atoms with van der Waals surface area (Å²) < 4.78 is 45.8. The third-order valence-electron chi connectivity index (χ3n) is 3.98. The maximum absolute atomic E-state index is 13.2. The van der Waals surface area contributed by atoms with Gasteiger partial charge in [-0.1, -0.05) is 60.7 Å². The Hall–Kier alpha value is -2.54. The minimum atomic E-state index is -3.75. The van der Waals surface area contributed by atoms with Gasteiger partial charge in [-0.05, 0) is 34.9 Å². The third kappa shape index (κ3) is 5.72. The Morgan fingerprint density at radius 3 is 2.07 bits per heavy atom. The van der Waals surface area contributed by atoms with E-state index >= 15 is 0 Å². The normalized spacial score (nSPS) is 11.4. The van der Waals surface area contributed by atoms with Gasteiger partial charge in [-0.2, -0.15) is 0 Å². The van der Waals surface area contributed by atoms with E-state index in [4.69, 9.17) is 4.74 Å². The zero-order chi connectivity index (χ0) is 19.1. The summed E-state index contributed by atoms with van der Waals surface area (Å²) in [5, 5.41) is 0. The van der Waals surface area contributed by atoms with E-state index in [0.29, 0.717) is 13.2 Å². The molecule has 0 heterocycles. The molecule has 0 aliphatic rings. The first kappa shape index (κ1) is 19.2. The molecule has 27 heavy (non-hydrogen) atoms. The minimum Gasteiger partial charge on any atom is -0.372 e. The molecule has 0 unspecified atom stereocenters. The second kappa shape index (κ2) is 8.90. The zero-order valence-electron chi connectivity index (χ0n) is 14.6. The molecule has 0 bridgehead atoms. The lowest BCUT2D eigenvalue weighted by Crippen LogP contribution is -2.23. The van der Waals surface area contributed by atoms with Crippen LogP contribution in [-0.4, -0.2) is 8.42 Å². The Labute approximate surface area is 158 Å². The van der Waals surface area contributed by atoms with E-state index in [-0.39, 0.29) is 11.4 Å². The van der Waals surface area contributed by atoms with Crippen LogP contribution in [0.4, 0.5) is 4.39 Å². The molecule has 0 amide bonds. The van der Waals surface area contributed by atoms with Crippen molar-refractivity contribution in [1.82, 2.24) is 4.72 Å². The van der Waals surface area contributed by atoms with Crippen molar-refractivity contribution in [2.45, 2.75) is 24.7 Å². The highest BCUT2D eigenvalue weighted by molar-refractivity contribution is 7.89. The molecule has 0 radical (unpaired) electrons. The number of nitrogens with one attached hydrogen (secondary N) is 1. The van der Waals surface area contributed by atoms with Crippen LogP contribution in [0.25, 0.3) is 0 Å². The summed E-state index contributed by atoms with van der Waals surface area (Å²) in [5.41, 5.74) is 2.92. The number of benzene rings is 3. The maximum atomic E-state index is 13.2. The van der Waals surface area contributed by atoms with Crippen LogP contribution in [0.3, 0.4) is 0 Å². The fourth-order valence-corrected chi connectivity index (χ4v) is 3.56. The van der Waals surface area contributed by atoms with E-state index in [9.17, 15) is 12.8 Å². The molecule has 0 fully saturated rings. The van der Waals surface area contributed by atoms with Crippen molar-refractivity contribution in [3.05, 3.63) is 101 Å². The van der Waals surface area contributed by atoms with Gasteiger partial charge in [0.1, 0.15) is 5.82 Å². The fourth-order valence-electron chi connectivity index (χ4n) is 2.51. The van der Waals surface area contributed by atoms with Crippen molar-refractivity contribution in [1.29, 1.82) is 0 Å². The number of rotatable bonds is 8. The number of halogens is 1. The first-order valence-corrected chi connectivity index (χ1v) is 9.96. The zero-order valence-corrected chi connectivity index (χ0v) is 15.5. The van der Waals surface area contributed by atoms with Crippen LogP contribution >= 0.6 is 0 Å². The quantitative estimate of drug-likeness (QED) is 0.637. The van der Waals surface area contributed by atoms with E-state index in [2.05, 4.69) is 4.72 Å². The van der Waals surface area contributed by atoms with Gasteiger partial charge in [0.15, 0.2) is 0 Å². The van der Waals surface area contributed by atoms with Gasteiger partial charge in [0.05, 0.1) is 18.1 Å². The molecular formula is C21H20FNO3S. The Morgan fingerprint density at radius 2 is 1.41 bits per heavy atom. The molecule has 0 aliphatic carbocycles. The summed E-state index contributed by atoms with van der Waals surface area (Å²) in [7, 11) is -3.75. The van der Waals surface area contributed by atoms with Crippen molar-refractivity contribution in [2.75, 3.05) is 0 Å². The molecule has 0 atom stereocenters. The lowest BCUT2D eigenvalue weighted by atomic mass is 10.1. The molecule has 0 saturated carbocycles. The van der Waals surface area contributed by atoms with E-state index in [1.54, 1.807) is 0 Å². The van der Waals surface area contributed by atoms with Crippen LogP contribution in [0, 0.1) is 5.82 Å². The van der Waals surface area contributed by atoms with Crippen molar-refractivity contribution in [3.63, 3.8) is 0 Å². The molecule has 3 rings (SSSR count). The van der Waals surface area contributed by atoms with Crippen molar-refractivity contribution < 1.29 is 17.5 Å². The first-order chi connectivity index (χ1) is 13.0. The van der Waals surface area contributed by atoms with Crippen LogP contribution in [0.2, 0.25) is 0 Å². The molecule has 0 aromatic heterocycles. The second-order valence-electron chi connectivity index (χ2n) is 6.08. The molecule has 0 aliphatic heterocycles. The average molecular weight is 385 g/mol. The van der Waals surface area contributed by atoms with Gasteiger partial charge in [0.2, 0.25) is 10.0 Å². The minimum absolute atomic E-state index is 0.0894. The molecule has 3 aromatic rings. The molecular weight excluding hydrogens is 365 g/mol. The summed E-state index contributed by atoms with van der Waals surface area (Å²) in [6.45, 7) is 1.14. The van der Waals surface area contributed by atoms with Crippen LogP contribution in [0.5, 0.6) is 0 Å². The Bertz CT molecular complexity index is 974. The van der Waals surface area contributed by atoms with Crippen molar-refractivity contribution >= 4 is 10.0 Å². The molecule has 0 saturated heterocycles. The molecule has 140 valence electrons. The smallest absolute Gasteiger partial charge is 0.240 e. The monoisotopic (exact) mass is 385 g/mol. The third-order valence-corrected chi connectivity index (χ3v) is 5.37. The largest absolute Gasteiger partial charge is 0.372 e. The molecule has 4 nitrogen and oxygen atoms in total. The first-order valence-electron chi connectivity index (χ1n) is 8.48. The van der Waals surface area contributed by atoms with Crippen molar-refractivity contribution in [2.24, 2.45) is 0 Å². The summed E-state index contributed by atoms with van der Waals surface area (Å²) in [6.07, 6.45) is 0. The van der Waals surface area contributed by atoms with Crippen LogP contribution in [-0.2, 0) is 34.5 Å². The van der Waals surface area contributed by atoms with Gasteiger partial charge in [-0.3, -0.25) is 0 Å². The van der Waals surface area contributed by atoms with Gasteiger partial charge in [-0.15, -0.1) is 0 Å². The summed E-state index contributed by atoms with van der Waals surface area (Å²) in [4.78, 5) is -0.0894. The summed E-state index contributed by atoms with van der Waals surface area (Å²) in [6, 6.07) is 22.3. The topological polar surface area (TPSA) is 55.4 Å². The standard InChI is InChI=1S/C21H20FNO3S/c22-20-7-4-8-21(13-20)27(24,25)23-14-17-9-11-19(12-10-17)16-26-15-18-5-2-1-3-6-18/h1-13,23H,14-16H2. The van der Waals surface area contributed by atoms with Crippen LogP contribution < -0.4 is 4.72 Å². The SMILES string of the molecule is O=S(=O)(NCc1ccc(COCc2ccccc2)cc1)c1cccc(F)c1. The van der Waals surface area contributed by atoms with E-state index < -0.39 is 15.8 Å². The molecule has 0 spiro atoms. The highest BCUT2D eigenvalue weighted by atomic mass is 32.2. The highest BCUT2D eigenvalue weighted by Gasteiger charge is 2.14. The molecule has 1 N–H and O–H groups in total. The predicted octanol–water partition coefficient (Wildman–Crippen LogP) is 4.02.